The molecule has 3 rings (SSSR count). The van der Waals surface area contributed by atoms with E-state index in [1.807, 2.05) is 38.1 Å². The average molecular weight is 414 g/mol. The van der Waals surface area contributed by atoms with Crippen LogP contribution in [0, 0.1) is 42.4 Å². The summed E-state index contributed by atoms with van der Waals surface area (Å²) in [5.74, 6) is 1.26. The first-order chi connectivity index (χ1) is 14.8. The van der Waals surface area contributed by atoms with Gasteiger partial charge in [0, 0.05) is 18.5 Å². The number of benzene rings is 2. The summed E-state index contributed by atoms with van der Waals surface area (Å²) < 4.78 is 0. The number of anilines is 1. The van der Waals surface area contributed by atoms with Crippen molar-refractivity contribution in [2.24, 2.45) is 5.92 Å². The topological polar surface area (TPSA) is 90.7 Å². The minimum absolute atomic E-state index is 0.461. The van der Waals surface area contributed by atoms with Crippen LogP contribution in [0.5, 0.6) is 0 Å². The van der Waals surface area contributed by atoms with E-state index < -0.39 is 0 Å². The number of carbonyl (C=O) groups excluding carboxylic acids is 1. The van der Waals surface area contributed by atoms with Gasteiger partial charge in [0.05, 0.1) is 23.3 Å². The van der Waals surface area contributed by atoms with Gasteiger partial charge in [0.15, 0.2) is 0 Å². The molecule has 4 nitrogen and oxygen atoms in total. The molecule has 1 aliphatic carbocycles. The van der Waals surface area contributed by atoms with Gasteiger partial charge in [-0.25, -0.2) is 0 Å². The van der Waals surface area contributed by atoms with Crippen LogP contribution < -0.4 is 5.73 Å². The number of hydrogen-bond donors (Lipinski definition) is 1. The zero-order chi connectivity index (χ0) is 23.0. The molecule has 0 bridgehead atoms. The van der Waals surface area contributed by atoms with Gasteiger partial charge < -0.3 is 5.73 Å². The zero-order valence-corrected chi connectivity index (χ0v) is 19.0. The molecular weight excluding hydrogens is 382 g/mol. The zero-order valence-electron chi connectivity index (χ0n) is 19.0. The highest BCUT2D eigenvalue weighted by atomic mass is 16.1. The van der Waals surface area contributed by atoms with Gasteiger partial charge in [-0.05, 0) is 91.1 Å². The molecule has 0 radical (unpaired) electrons. The third-order valence-electron chi connectivity index (χ3n) is 5.62. The normalized spacial score (nSPS) is 14.3. The van der Waals surface area contributed by atoms with Gasteiger partial charge in [0.25, 0.3) is 0 Å². The summed E-state index contributed by atoms with van der Waals surface area (Å²) >= 11 is 0. The summed E-state index contributed by atoms with van der Waals surface area (Å²) in [4.78, 5) is 10.6. The Bertz CT molecular complexity index is 1060. The molecule has 0 atom stereocenters. The smallest absolute Gasteiger partial charge is 0.132 e. The van der Waals surface area contributed by atoms with Gasteiger partial charge in [-0.1, -0.05) is 26.0 Å². The van der Waals surface area contributed by atoms with Crippen molar-refractivity contribution in [3.63, 3.8) is 0 Å². The summed E-state index contributed by atoms with van der Waals surface area (Å²) in [6.45, 7) is 8.25. The van der Waals surface area contributed by atoms with E-state index in [2.05, 4.69) is 32.1 Å². The lowest BCUT2D eigenvalue weighted by molar-refractivity contribution is -0.120. The molecule has 1 saturated carbocycles. The second-order valence-electron chi connectivity index (χ2n) is 8.30. The van der Waals surface area contributed by atoms with E-state index in [1.54, 1.807) is 6.07 Å². The highest BCUT2D eigenvalue weighted by Crippen LogP contribution is 2.30. The minimum Gasteiger partial charge on any atom is -0.399 e. The van der Waals surface area contributed by atoms with E-state index >= 15 is 0 Å². The summed E-state index contributed by atoms with van der Waals surface area (Å²) in [6, 6.07) is 13.7. The number of Topliss-reactive ketones (excluding diaryl/α,β-unsaturated/α-hetero) is 1. The molecule has 0 aliphatic heterocycles. The molecule has 31 heavy (non-hydrogen) atoms. The number of nitriles is 2. The van der Waals surface area contributed by atoms with Crippen LogP contribution in [0.2, 0.25) is 0 Å². The molecule has 2 N–H and O–H groups in total. The minimum atomic E-state index is 0.461. The van der Waals surface area contributed by atoms with E-state index in [1.165, 1.54) is 0 Å². The number of rotatable bonds is 3. The number of aryl methyl sites for hydroxylation is 2. The lowest BCUT2D eigenvalue weighted by atomic mass is 9.90. The first kappa shape index (κ1) is 23.9. The Morgan fingerprint density at radius 1 is 1.06 bits per heavy atom. The van der Waals surface area contributed by atoms with E-state index in [4.69, 9.17) is 5.73 Å². The molecule has 2 aromatic carbocycles. The van der Waals surface area contributed by atoms with Gasteiger partial charge in [0.2, 0.25) is 0 Å². The Morgan fingerprint density at radius 3 is 2.29 bits per heavy atom. The monoisotopic (exact) mass is 413 g/mol. The van der Waals surface area contributed by atoms with Crippen molar-refractivity contribution in [1.29, 1.82) is 10.5 Å². The predicted molar refractivity (Wildman–Crippen MR) is 126 cm³/mol. The molecule has 0 saturated heterocycles. The van der Waals surface area contributed by atoms with Crippen LogP contribution in [0.15, 0.2) is 36.4 Å². The Kier molecular flexibility index (Phi) is 8.59. The fourth-order valence-electron chi connectivity index (χ4n) is 3.81. The number of allylic oxidation sites excluding steroid dienone is 1. The maximum atomic E-state index is 10.6. The molecule has 0 unspecified atom stereocenters. The number of nitrogens with two attached hydrogens (primary N) is 1. The van der Waals surface area contributed by atoms with Crippen molar-refractivity contribution in [2.75, 3.05) is 5.73 Å². The fourth-order valence-corrected chi connectivity index (χ4v) is 3.81. The second-order valence-corrected chi connectivity index (χ2v) is 8.30. The van der Waals surface area contributed by atoms with E-state index in [9.17, 15) is 15.3 Å². The van der Waals surface area contributed by atoms with Crippen LogP contribution in [0.4, 0.5) is 5.69 Å². The summed E-state index contributed by atoms with van der Waals surface area (Å²) in [7, 11) is 0. The highest BCUT2D eigenvalue weighted by Gasteiger charge is 2.14. The first-order valence-corrected chi connectivity index (χ1v) is 10.8. The van der Waals surface area contributed by atoms with Gasteiger partial charge >= 0.3 is 0 Å². The van der Waals surface area contributed by atoms with Gasteiger partial charge in [0.1, 0.15) is 5.78 Å². The van der Waals surface area contributed by atoms with Gasteiger partial charge in [-0.3, -0.25) is 4.79 Å². The maximum Gasteiger partial charge on any atom is 0.132 e. The van der Waals surface area contributed by atoms with Crippen molar-refractivity contribution in [1.82, 2.24) is 0 Å². The fraction of sp³-hybridized carbons (Fsp3) is 0.370. The second kappa shape index (κ2) is 11.1. The molecule has 1 fully saturated rings. The molecule has 4 heteroatoms. The number of nitrogen functional groups attached to an aromatic ring is 1. The van der Waals surface area contributed by atoms with Crippen LogP contribution in [0.25, 0.3) is 5.57 Å². The Balaban J connectivity index is 0.000000357. The van der Waals surface area contributed by atoms with E-state index in [0.717, 1.165) is 65.8 Å². The molecule has 0 spiro atoms. The van der Waals surface area contributed by atoms with Crippen LogP contribution in [0.3, 0.4) is 0 Å². The molecule has 0 heterocycles. The summed E-state index contributed by atoms with van der Waals surface area (Å²) in [6.07, 6.45) is 6.87. The molecule has 0 aromatic heterocycles. The lowest BCUT2D eigenvalue weighted by Crippen LogP contribution is -2.10. The average Bonchev–Trinajstić information content (AvgIpc) is 2.74. The SMILES string of the molecule is CC/C=C(/c1cc(N)cc(C#N)c1)c1cc(C#N)c(C)cc1C.CC1CCC(=O)CC1. The van der Waals surface area contributed by atoms with Crippen LogP contribution in [-0.2, 0) is 4.79 Å². The van der Waals surface area contributed by atoms with E-state index in [0.29, 0.717) is 22.6 Å². The maximum absolute atomic E-state index is 10.6. The molecule has 160 valence electrons. The largest absolute Gasteiger partial charge is 0.399 e. The van der Waals surface area contributed by atoms with Gasteiger partial charge in [-0.2, -0.15) is 10.5 Å². The Labute approximate surface area is 186 Å². The summed E-state index contributed by atoms with van der Waals surface area (Å²) in [5.41, 5.74) is 12.7. The summed E-state index contributed by atoms with van der Waals surface area (Å²) in [5, 5.41) is 18.5. The quantitative estimate of drug-likeness (QED) is 0.603. The third kappa shape index (κ3) is 6.56. The van der Waals surface area contributed by atoms with Gasteiger partial charge in [-0.15, -0.1) is 0 Å². The van der Waals surface area contributed by atoms with E-state index in [-0.39, 0.29) is 0 Å². The highest BCUT2D eigenvalue weighted by molar-refractivity contribution is 5.84. The third-order valence-corrected chi connectivity index (χ3v) is 5.62. The lowest BCUT2D eigenvalue weighted by Gasteiger charge is -2.14. The molecular formula is C27H31N3O. The standard InChI is InChI=1S/C20H19N3.C7H12O/c1-4-5-19(16-7-15(11-21)8-18(23)9-16)20-10-17(12-22)13(2)6-14(20)3;1-6-2-4-7(8)5-3-6/h5-10H,4,23H2,1-3H3;6H,2-5H2,1H3/b19-5-;. The number of nitrogens with zero attached hydrogens (tertiary/aromatic N) is 2. The first-order valence-electron chi connectivity index (χ1n) is 10.8. The van der Waals surface area contributed by atoms with Crippen molar-refractivity contribution in [3.05, 3.63) is 69.8 Å². The van der Waals surface area contributed by atoms with Crippen molar-refractivity contribution in [2.45, 2.75) is 59.8 Å². The Morgan fingerprint density at radius 2 is 1.74 bits per heavy atom. The van der Waals surface area contributed by atoms with Crippen LogP contribution in [-0.4, -0.2) is 5.78 Å². The number of ketones is 1. The van der Waals surface area contributed by atoms with Crippen LogP contribution >= 0.6 is 0 Å². The van der Waals surface area contributed by atoms with Crippen molar-refractivity contribution >= 4 is 17.0 Å². The van der Waals surface area contributed by atoms with Crippen molar-refractivity contribution in [3.8, 4) is 12.1 Å². The number of hydrogen-bond acceptors (Lipinski definition) is 4. The molecule has 1 aliphatic rings. The molecule has 0 amide bonds. The van der Waals surface area contributed by atoms with Crippen LogP contribution in [0.1, 0.15) is 79.3 Å². The van der Waals surface area contributed by atoms with Crippen molar-refractivity contribution < 1.29 is 4.79 Å². The molecule has 2 aromatic rings. The predicted octanol–water partition coefficient (Wildman–Crippen LogP) is 6.24. The Hall–Kier alpha value is -3.37. The number of carbonyl (C=O) groups is 1.